The van der Waals surface area contributed by atoms with Crippen LogP contribution in [0.5, 0.6) is 5.75 Å². The minimum Gasteiger partial charge on any atom is -0.496 e. The fourth-order valence-corrected chi connectivity index (χ4v) is 8.13. The molecule has 0 atom stereocenters. The first-order valence-corrected chi connectivity index (χ1v) is 21.2. The van der Waals surface area contributed by atoms with Gasteiger partial charge in [-0.25, -0.2) is 9.97 Å². The first kappa shape index (κ1) is 38.6. The molecule has 0 amide bonds. The maximum absolute atomic E-state index is 11.8. The minimum absolute atomic E-state index is 0.186. The molecule has 3 aromatic carbocycles. The summed E-state index contributed by atoms with van der Waals surface area (Å²) in [7, 11) is -11.1. The summed E-state index contributed by atoms with van der Waals surface area (Å²) in [4.78, 5) is 13.3. The number of benzene rings is 3. The van der Waals surface area contributed by atoms with E-state index in [0.29, 0.717) is 74.8 Å². The summed E-state index contributed by atoms with van der Waals surface area (Å²) in [5.41, 5.74) is 1.53. The van der Waals surface area contributed by atoms with Crippen molar-refractivity contribution < 1.29 is 43.6 Å². The van der Waals surface area contributed by atoms with Crippen LogP contribution in [0.3, 0.4) is 0 Å². The van der Waals surface area contributed by atoms with Gasteiger partial charge < -0.3 is 4.74 Å². The van der Waals surface area contributed by atoms with E-state index in [1.165, 1.54) is 48.8 Å². The van der Waals surface area contributed by atoms with Crippen molar-refractivity contribution in [2.45, 2.75) is 47.3 Å². The molecule has 0 aliphatic carbocycles. The molecule has 0 unspecified atom stereocenters. The lowest BCUT2D eigenvalue weighted by Gasteiger charge is -2.10. The molecule has 0 spiro atoms. The third-order valence-corrected chi connectivity index (χ3v) is 11.1. The van der Waals surface area contributed by atoms with Crippen molar-refractivity contribution in [3.8, 4) is 5.75 Å². The first-order chi connectivity index (χ1) is 23.1. The smallest absolute Gasteiger partial charge is 0.295 e. The molecule has 0 saturated carbocycles. The molecule has 4 rings (SSSR count). The number of thioether (sulfide) groups is 2. The van der Waals surface area contributed by atoms with Crippen molar-refractivity contribution in [3.63, 3.8) is 0 Å². The molecule has 1 heterocycles. The Labute approximate surface area is 292 Å². The number of nitrogens with zero attached hydrogens (tertiary/aromatic N) is 5. The van der Waals surface area contributed by atoms with Gasteiger partial charge >= 0.3 is 0 Å². The van der Waals surface area contributed by atoms with Gasteiger partial charge in [0.05, 0.1) is 30.0 Å². The average molecular weight is 772 g/mol. The second kappa shape index (κ2) is 17.1. The normalized spacial score (nSPS) is 12.6. The molecule has 0 radical (unpaired) electrons. The van der Waals surface area contributed by atoms with Crippen LogP contribution < -0.4 is 4.74 Å². The van der Waals surface area contributed by atoms with Crippen LogP contribution >= 0.6 is 23.5 Å². The van der Waals surface area contributed by atoms with E-state index < -0.39 is 36.1 Å². The number of hydrogen-bond donors (Lipinski definition) is 3. The molecule has 0 aliphatic heterocycles. The van der Waals surface area contributed by atoms with Crippen molar-refractivity contribution in [2.75, 3.05) is 30.1 Å². The lowest BCUT2D eigenvalue weighted by atomic mass is 10.1. The van der Waals surface area contributed by atoms with Gasteiger partial charge in [0.15, 0.2) is 10.3 Å². The summed E-state index contributed by atoms with van der Waals surface area (Å²) < 4.78 is 101. The maximum Gasteiger partial charge on any atom is 0.295 e. The highest BCUT2D eigenvalue weighted by atomic mass is 32.2. The Morgan fingerprint density at radius 1 is 0.714 bits per heavy atom. The van der Waals surface area contributed by atoms with Crippen LogP contribution in [0.2, 0.25) is 0 Å². The molecule has 3 N–H and O–H groups in total. The summed E-state index contributed by atoms with van der Waals surface area (Å²) in [5, 5.41) is 10.2. The van der Waals surface area contributed by atoms with Gasteiger partial charge in [0.1, 0.15) is 16.5 Å². The quantitative estimate of drug-likeness (QED) is 0.0469. The lowest BCUT2D eigenvalue weighted by Crippen LogP contribution is -2.06. The molecule has 4 aromatic rings. The predicted molar refractivity (Wildman–Crippen MR) is 186 cm³/mol. The number of unbranched alkanes of at least 4 members (excludes halogenated alkanes) is 2. The fraction of sp³-hybridized carbons (Fsp3) is 0.345. The van der Waals surface area contributed by atoms with Gasteiger partial charge in [0.25, 0.3) is 30.4 Å². The van der Waals surface area contributed by atoms with Gasteiger partial charge in [0.2, 0.25) is 0 Å². The van der Waals surface area contributed by atoms with Gasteiger partial charge in [-0.05, 0) is 48.9 Å². The number of aromatic nitrogens is 3. The molecular formula is C29H33N5O10S5. The largest absolute Gasteiger partial charge is 0.496 e. The molecule has 264 valence electrons. The van der Waals surface area contributed by atoms with Crippen LogP contribution in [0.15, 0.2) is 80.0 Å². The molecule has 20 heteroatoms. The van der Waals surface area contributed by atoms with E-state index in [1.54, 1.807) is 36.4 Å². The van der Waals surface area contributed by atoms with Crippen molar-refractivity contribution in [2.24, 2.45) is 10.2 Å². The van der Waals surface area contributed by atoms with Crippen LogP contribution in [0.4, 0.5) is 11.4 Å². The Hall–Kier alpha value is -3.24. The standard InChI is InChI=1S/C29H33N5O10S5/c1-44-25-19-23(34-33-22-11-9-20-7-5-8-26(24(20)18-22)49(41,42)43)12-10-21(25)17-27-30-28(45-13-3-2-4-15-47(35,36)37)32-29(31-27)46-14-6-16-48(38,39)40/h5,7-12,18-19H,2-4,6,13-17H2,1H3,(H,35,36,37)(H,38,39,40)(H,41,42,43). The average Bonchev–Trinajstić information content (AvgIpc) is 3.02. The van der Waals surface area contributed by atoms with Crippen molar-refractivity contribution in [3.05, 3.63) is 66.0 Å². The number of rotatable bonds is 18. The summed E-state index contributed by atoms with van der Waals surface area (Å²) in [5.74, 6) is 1.11. The van der Waals surface area contributed by atoms with Crippen LogP contribution in [0.25, 0.3) is 10.8 Å². The number of azo groups is 1. The fourth-order valence-electron chi connectivity index (χ4n) is 4.46. The zero-order chi connectivity index (χ0) is 35.7. The first-order valence-electron chi connectivity index (χ1n) is 14.6. The lowest BCUT2D eigenvalue weighted by molar-refractivity contribution is 0.410. The molecule has 0 bridgehead atoms. The molecule has 0 saturated heterocycles. The van der Waals surface area contributed by atoms with E-state index in [1.807, 2.05) is 0 Å². The van der Waals surface area contributed by atoms with E-state index in [9.17, 15) is 29.8 Å². The second-order valence-electron chi connectivity index (χ2n) is 10.5. The number of ether oxygens (including phenoxy) is 1. The third-order valence-electron chi connectivity index (χ3n) is 6.70. The molecule has 1 aromatic heterocycles. The number of methoxy groups -OCH3 is 1. The van der Waals surface area contributed by atoms with Crippen molar-refractivity contribution in [1.29, 1.82) is 0 Å². The van der Waals surface area contributed by atoms with Crippen LogP contribution in [-0.2, 0) is 36.8 Å². The molecular weight excluding hydrogens is 739 g/mol. The zero-order valence-electron chi connectivity index (χ0n) is 26.0. The van der Waals surface area contributed by atoms with E-state index >= 15 is 0 Å². The zero-order valence-corrected chi connectivity index (χ0v) is 30.1. The van der Waals surface area contributed by atoms with E-state index in [-0.39, 0.29) is 23.5 Å². The van der Waals surface area contributed by atoms with Gasteiger partial charge in [0, 0.05) is 34.9 Å². The maximum atomic E-state index is 11.8. The van der Waals surface area contributed by atoms with Crippen molar-refractivity contribution in [1.82, 2.24) is 15.0 Å². The number of fused-ring (bicyclic) bond motifs is 1. The highest BCUT2D eigenvalue weighted by molar-refractivity contribution is 7.99. The monoisotopic (exact) mass is 771 g/mol. The Morgan fingerprint density at radius 2 is 1.33 bits per heavy atom. The predicted octanol–water partition coefficient (Wildman–Crippen LogP) is 5.81. The summed E-state index contributed by atoms with van der Waals surface area (Å²) >= 11 is 2.57. The summed E-state index contributed by atoms with van der Waals surface area (Å²) in [6, 6.07) is 14.6. The Kier molecular flexibility index (Phi) is 13.5. The van der Waals surface area contributed by atoms with Gasteiger partial charge in [-0.3, -0.25) is 13.7 Å². The molecule has 0 aliphatic rings. The van der Waals surface area contributed by atoms with E-state index in [2.05, 4.69) is 25.2 Å². The van der Waals surface area contributed by atoms with Gasteiger partial charge in [-0.2, -0.15) is 40.5 Å². The van der Waals surface area contributed by atoms with Crippen molar-refractivity contribution >= 4 is 76.0 Å². The van der Waals surface area contributed by atoms with Crippen LogP contribution in [0, 0.1) is 0 Å². The summed E-state index contributed by atoms with van der Waals surface area (Å²) in [6.45, 7) is 0. The highest BCUT2D eigenvalue weighted by Gasteiger charge is 2.15. The third kappa shape index (κ3) is 12.9. The number of hydrogen-bond acceptors (Lipinski definition) is 14. The molecule has 49 heavy (non-hydrogen) atoms. The second-order valence-corrected chi connectivity index (χ2v) is 17.2. The molecule has 15 nitrogen and oxygen atoms in total. The van der Waals surface area contributed by atoms with Crippen LogP contribution in [0.1, 0.15) is 37.1 Å². The Morgan fingerprint density at radius 3 is 1.96 bits per heavy atom. The molecule has 0 fully saturated rings. The minimum atomic E-state index is -4.45. The topological polar surface area (TPSA) is 236 Å². The van der Waals surface area contributed by atoms with E-state index in [4.69, 9.17) is 13.8 Å². The van der Waals surface area contributed by atoms with E-state index in [0.717, 1.165) is 5.56 Å². The Balaban J connectivity index is 1.51. The van der Waals surface area contributed by atoms with Gasteiger partial charge in [-0.1, -0.05) is 54.2 Å². The Bertz CT molecular complexity index is 2150. The van der Waals surface area contributed by atoms with Crippen LogP contribution in [-0.4, -0.2) is 84.0 Å². The highest BCUT2D eigenvalue weighted by Crippen LogP contribution is 2.31. The summed E-state index contributed by atoms with van der Waals surface area (Å²) in [6.07, 6.45) is 1.99. The van der Waals surface area contributed by atoms with Gasteiger partial charge in [-0.15, -0.1) is 0 Å². The SMILES string of the molecule is COc1cc(N=Nc2ccc3cccc(S(=O)(=O)O)c3c2)ccc1Cc1nc(SCCCCCS(=O)(=O)O)nc(SCCCS(=O)(=O)O)n1.